The smallest absolute Gasteiger partial charge is 0.253 e. The minimum absolute atomic E-state index is 0.0806. The van der Waals surface area contributed by atoms with Crippen molar-refractivity contribution in [3.8, 4) is 0 Å². The monoisotopic (exact) mass is 355 g/mol. The molecule has 1 aromatic heterocycles. The zero-order valence-corrected chi connectivity index (χ0v) is 15.9. The standard InChI is InChI=1S/C20H29N5O/c1-4-25(5-2)19(26)18-10-8-17(9-11-18)16-23-20(21-3)22-12-15-24-13-6-7-14-24/h6-11,13-14H,4-5,12,15-16H2,1-3H3,(H2,21,22,23). The fourth-order valence-electron chi connectivity index (χ4n) is 2.69. The van der Waals surface area contributed by atoms with Crippen LogP contribution in [0.3, 0.4) is 0 Å². The van der Waals surface area contributed by atoms with Gasteiger partial charge in [-0.25, -0.2) is 0 Å². The molecule has 0 aliphatic carbocycles. The number of aliphatic imine (C=N–C) groups is 1. The second-order valence-electron chi connectivity index (χ2n) is 5.95. The lowest BCUT2D eigenvalue weighted by atomic mass is 10.1. The largest absolute Gasteiger partial charge is 0.355 e. The Bertz CT molecular complexity index is 688. The van der Waals surface area contributed by atoms with Crippen molar-refractivity contribution in [3.05, 3.63) is 59.9 Å². The first-order valence-electron chi connectivity index (χ1n) is 9.11. The van der Waals surface area contributed by atoms with Crippen molar-refractivity contribution >= 4 is 11.9 Å². The summed E-state index contributed by atoms with van der Waals surface area (Å²) in [6.45, 7) is 7.78. The Hall–Kier alpha value is -2.76. The molecule has 140 valence electrons. The highest BCUT2D eigenvalue weighted by molar-refractivity contribution is 5.94. The van der Waals surface area contributed by atoms with E-state index < -0.39 is 0 Å². The van der Waals surface area contributed by atoms with Crippen molar-refractivity contribution in [2.45, 2.75) is 26.9 Å². The summed E-state index contributed by atoms with van der Waals surface area (Å²) >= 11 is 0. The summed E-state index contributed by atoms with van der Waals surface area (Å²) in [6, 6.07) is 11.8. The Morgan fingerprint density at radius 3 is 2.31 bits per heavy atom. The average molecular weight is 355 g/mol. The molecule has 0 aliphatic heterocycles. The minimum Gasteiger partial charge on any atom is -0.355 e. The first-order chi connectivity index (χ1) is 12.7. The number of carbonyl (C=O) groups excluding carboxylic acids is 1. The van der Waals surface area contributed by atoms with E-state index in [2.05, 4.69) is 20.2 Å². The lowest BCUT2D eigenvalue weighted by Crippen LogP contribution is -2.38. The summed E-state index contributed by atoms with van der Waals surface area (Å²) in [5.41, 5.74) is 1.83. The molecular weight excluding hydrogens is 326 g/mol. The molecule has 0 aliphatic rings. The quantitative estimate of drug-likeness (QED) is 0.564. The molecule has 2 N–H and O–H groups in total. The van der Waals surface area contributed by atoms with E-state index >= 15 is 0 Å². The van der Waals surface area contributed by atoms with E-state index in [1.165, 1.54) is 0 Å². The molecule has 1 amide bonds. The molecule has 0 saturated carbocycles. The molecule has 1 aromatic carbocycles. The fraction of sp³-hybridized carbons (Fsp3) is 0.400. The molecular formula is C20H29N5O. The van der Waals surface area contributed by atoms with Gasteiger partial charge in [0.2, 0.25) is 0 Å². The molecule has 0 spiro atoms. The van der Waals surface area contributed by atoms with Crippen LogP contribution in [0.5, 0.6) is 0 Å². The summed E-state index contributed by atoms with van der Waals surface area (Å²) in [5, 5.41) is 6.59. The number of aromatic nitrogens is 1. The van der Waals surface area contributed by atoms with Crippen LogP contribution in [0.2, 0.25) is 0 Å². The van der Waals surface area contributed by atoms with Gasteiger partial charge in [0.15, 0.2) is 5.96 Å². The second kappa shape index (κ2) is 10.3. The van der Waals surface area contributed by atoms with Crippen LogP contribution < -0.4 is 10.6 Å². The zero-order valence-electron chi connectivity index (χ0n) is 15.9. The van der Waals surface area contributed by atoms with E-state index in [-0.39, 0.29) is 5.91 Å². The molecule has 2 rings (SSSR count). The van der Waals surface area contributed by atoms with Crippen LogP contribution in [0.1, 0.15) is 29.8 Å². The third-order valence-electron chi connectivity index (χ3n) is 4.26. The van der Waals surface area contributed by atoms with Gasteiger partial charge < -0.3 is 20.1 Å². The van der Waals surface area contributed by atoms with E-state index in [1.807, 2.05) is 67.5 Å². The lowest BCUT2D eigenvalue weighted by Gasteiger charge is -2.18. The van der Waals surface area contributed by atoms with Crippen LogP contribution >= 0.6 is 0 Å². The topological polar surface area (TPSA) is 61.7 Å². The van der Waals surface area contributed by atoms with Gasteiger partial charge in [0.25, 0.3) is 5.91 Å². The maximum atomic E-state index is 12.3. The molecule has 26 heavy (non-hydrogen) atoms. The number of rotatable bonds is 8. The van der Waals surface area contributed by atoms with Crippen LogP contribution in [-0.4, -0.2) is 48.0 Å². The zero-order chi connectivity index (χ0) is 18.8. The van der Waals surface area contributed by atoms with Crippen molar-refractivity contribution in [3.63, 3.8) is 0 Å². The molecule has 1 heterocycles. The third kappa shape index (κ3) is 5.65. The number of hydrogen-bond acceptors (Lipinski definition) is 2. The SMILES string of the molecule is CCN(CC)C(=O)c1ccc(CNC(=NC)NCCn2cccc2)cc1. The number of nitrogens with one attached hydrogen (secondary N) is 2. The van der Waals surface area contributed by atoms with Gasteiger partial charge in [-0.2, -0.15) is 0 Å². The molecule has 0 unspecified atom stereocenters. The second-order valence-corrected chi connectivity index (χ2v) is 5.95. The fourth-order valence-corrected chi connectivity index (χ4v) is 2.69. The molecule has 0 bridgehead atoms. The van der Waals surface area contributed by atoms with Gasteiger partial charge in [-0.15, -0.1) is 0 Å². The van der Waals surface area contributed by atoms with Crippen LogP contribution in [0, 0.1) is 0 Å². The van der Waals surface area contributed by atoms with E-state index in [4.69, 9.17) is 0 Å². The van der Waals surface area contributed by atoms with Crippen molar-refractivity contribution in [2.24, 2.45) is 4.99 Å². The number of benzene rings is 1. The van der Waals surface area contributed by atoms with E-state index in [0.717, 1.165) is 43.3 Å². The van der Waals surface area contributed by atoms with E-state index in [9.17, 15) is 4.79 Å². The Kier molecular flexibility index (Phi) is 7.74. The predicted molar refractivity (Wildman–Crippen MR) is 106 cm³/mol. The molecule has 0 radical (unpaired) electrons. The number of amides is 1. The van der Waals surface area contributed by atoms with Crippen molar-refractivity contribution < 1.29 is 4.79 Å². The molecule has 6 heteroatoms. The van der Waals surface area contributed by atoms with Crippen molar-refractivity contribution in [2.75, 3.05) is 26.7 Å². The van der Waals surface area contributed by atoms with Crippen molar-refractivity contribution in [1.82, 2.24) is 20.1 Å². The molecule has 6 nitrogen and oxygen atoms in total. The number of guanidine groups is 1. The molecule has 0 fully saturated rings. The number of nitrogens with zero attached hydrogens (tertiary/aromatic N) is 3. The maximum absolute atomic E-state index is 12.3. The van der Waals surface area contributed by atoms with E-state index in [0.29, 0.717) is 6.54 Å². The highest BCUT2D eigenvalue weighted by Gasteiger charge is 2.11. The van der Waals surface area contributed by atoms with Gasteiger partial charge in [-0.1, -0.05) is 12.1 Å². The molecule has 0 saturated heterocycles. The highest BCUT2D eigenvalue weighted by Crippen LogP contribution is 2.08. The Morgan fingerprint density at radius 2 is 1.73 bits per heavy atom. The number of carbonyl (C=O) groups is 1. The average Bonchev–Trinajstić information content (AvgIpc) is 3.19. The lowest BCUT2D eigenvalue weighted by molar-refractivity contribution is 0.0773. The van der Waals surface area contributed by atoms with Gasteiger partial charge in [-0.05, 0) is 43.7 Å². The first kappa shape index (κ1) is 19.6. The van der Waals surface area contributed by atoms with Crippen LogP contribution in [0.15, 0.2) is 53.8 Å². The predicted octanol–water partition coefficient (Wildman–Crippen LogP) is 2.34. The Morgan fingerprint density at radius 1 is 1.08 bits per heavy atom. The van der Waals surface area contributed by atoms with Gasteiger partial charge in [0.1, 0.15) is 0 Å². The van der Waals surface area contributed by atoms with Crippen LogP contribution in [-0.2, 0) is 13.1 Å². The Balaban J connectivity index is 1.81. The third-order valence-corrected chi connectivity index (χ3v) is 4.26. The molecule has 0 atom stereocenters. The Labute approximate surface area is 155 Å². The summed E-state index contributed by atoms with van der Waals surface area (Å²) in [5.74, 6) is 0.845. The highest BCUT2D eigenvalue weighted by atomic mass is 16.2. The van der Waals surface area contributed by atoms with E-state index in [1.54, 1.807) is 7.05 Å². The number of hydrogen-bond donors (Lipinski definition) is 2. The van der Waals surface area contributed by atoms with Gasteiger partial charge in [0.05, 0.1) is 0 Å². The van der Waals surface area contributed by atoms with Crippen molar-refractivity contribution in [1.29, 1.82) is 0 Å². The normalized spacial score (nSPS) is 11.3. The summed E-state index contributed by atoms with van der Waals surface area (Å²) < 4.78 is 2.12. The minimum atomic E-state index is 0.0806. The summed E-state index contributed by atoms with van der Waals surface area (Å²) in [7, 11) is 1.76. The van der Waals surface area contributed by atoms with Gasteiger partial charge >= 0.3 is 0 Å². The summed E-state index contributed by atoms with van der Waals surface area (Å²) in [4.78, 5) is 18.4. The van der Waals surface area contributed by atoms with Crippen LogP contribution in [0.4, 0.5) is 0 Å². The van der Waals surface area contributed by atoms with Gasteiger partial charge in [0, 0.05) is 57.7 Å². The van der Waals surface area contributed by atoms with Gasteiger partial charge in [-0.3, -0.25) is 9.79 Å². The maximum Gasteiger partial charge on any atom is 0.253 e. The van der Waals surface area contributed by atoms with Crippen LogP contribution in [0.25, 0.3) is 0 Å². The molecule has 2 aromatic rings. The first-order valence-corrected chi connectivity index (χ1v) is 9.11. The summed E-state index contributed by atoms with van der Waals surface area (Å²) in [6.07, 6.45) is 4.08.